The maximum absolute atomic E-state index is 13.2. The van der Waals surface area contributed by atoms with Crippen LogP contribution in [0.1, 0.15) is 78.1 Å². The molecule has 0 aromatic rings. The Bertz CT molecular complexity index is 757. The Morgan fingerprint density at radius 3 is 2.72 bits per heavy atom. The van der Waals surface area contributed by atoms with E-state index in [1.54, 1.807) is 5.57 Å². The van der Waals surface area contributed by atoms with Gasteiger partial charge in [0.1, 0.15) is 11.6 Å². The summed E-state index contributed by atoms with van der Waals surface area (Å²) in [6.45, 7) is 6.71. The van der Waals surface area contributed by atoms with Gasteiger partial charge in [-0.25, -0.2) is 0 Å². The Hall–Kier alpha value is -1.00. The number of rotatable bonds is 3. The summed E-state index contributed by atoms with van der Waals surface area (Å²) in [5, 5.41) is 9.78. The maximum Gasteiger partial charge on any atom is 0.149 e. The van der Waals surface area contributed by atoms with Crippen LogP contribution in [0.2, 0.25) is 0 Å². The van der Waals surface area contributed by atoms with E-state index in [1.165, 1.54) is 37.7 Å². The SMILES string of the molecule is CC12CCCC1=C1CC(=O)C3CCC(C(=O)CN4CCC(O)C4)CC3(C)C1CC2. The molecule has 0 aromatic carbocycles. The first-order valence-corrected chi connectivity index (χ1v) is 12.0. The molecule has 0 radical (unpaired) electrons. The number of hydrogen-bond acceptors (Lipinski definition) is 4. The summed E-state index contributed by atoms with van der Waals surface area (Å²) in [5.41, 5.74) is 3.43. The summed E-state index contributed by atoms with van der Waals surface area (Å²) in [6.07, 6.45) is 10.1. The van der Waals surface area contributed by atoms with Crippen molar-refractivity contribution in [3.8, 4) is 0 Å². The quantitative estimate of drug-likeness (QED) is 0.731. The van der Waals surface area contributed by atoms with Crippen LogP contribution in [0.25, 0.3) is 0 Å². The van der Waals surface area contributed by atoms with Gasteiger partial charge in [-0.15, -0.1) is 0 Å². The summed E-state index contributed by atoms with van der Waals surface area (Å²) < 4.78 is 0. The Morgan fingerprint density at radius 1 is 1.14 bits per heavy atom. The fourth-order valence-corrected chi connectivity index (χ4v) is 8.01. The average Bonchev–Trinajstić information content (AvgIpc) is 3.26. The molecule has 3 saturated carbocycles. The minimum atomic E-state index is -0.274. The molecule has 4 heteroatoms. The van der Waals surface area contributed by atoms with Crippen molar-refractivity contribution in [3.05, 3.63) is 11.1 Å². The average molecular weight is 400 g/mol. The van der Waals surface area contributed by atoms with Crippen molar-refractivity contribution in [1.29, 1.82) is 0 Å². The lowest BCUT2D eigenvalue weighted by molar-refractivity contribution is -0.140. The lowest BCUT2D eigenvalue weighted by Gasteiger charge is -2.55. The molecule has 0 amide bonds. The Morgan fingerprint density at radius 2 is 1.97 bits per heavy atom. The van der Waals surface area contributed by atoms with Gasteiger partial charge in [-0.3, -0.25) is 14.5 Å². The number of carbonyl (C=O) groups is 2. The van der Waals surface area contributed by atoms with Crippen molar-refractivity contribution in [2.75, 3.05) is 19.6 Å². The van der Waals surface area contributed by atoms with Gasteiger partial charge < -0.3 is 5.11 Å². The molecular weight excluding hydrogens is 362 g/mol. The van der Waals surface area contributed by atoms with Crippen LogP contribution in [0.5, 0.6) is 0 Å². The number of nitrogens with zero attached hydrogens (tertiary/aromatic N) is 1. The van der Waals surface area contributed by atoms with E-state index >= 15 is 0 Å². The summed E-state index contributed by atoms with van der Waals surface area (Å²) in [6, 6.07) is 0. The molecule has 160 valence electrons. The van der Waals surface area contributed by atoms with Crippen LogP contribution in [0.4, 0.5) is 0 Å². The van der Waals surface area contributed by atoms with E-state index in [9.17, 15) is 14.7 Å². The minimum Gasteiger partial charge on any atom is -0.392 e. The van der Waals surface area contributed by atoms with Gasteiger partial charge in [0.2, 0.25) is 0 Å². The standard InChI is InChI=1S/C25H37NO3/c1-24-9-3-4-19(24)18-12-22(28)21-6-5-16(13-25(21,2)20(18)7-10-24)23(29)15-26-11-8-17(27)14-26/h16-17,20-21,27H,3-15H2,1-2H3. The Balaban J connectivity index is 1.39. The highest BCUT2D eigenvalue weighted by Gasteiger charge is 2.56. The summed E-state index contributed by atoms with van der Waals surface area (Å²) in [5.74, 6) is 1.54. The van der Waals surface area contributed by atoms with E-state index in [2.05, 4.69) is 18.7 Å². The number of ketones is 2. The molecule has 6 atom stereocenters. The first kappa shape index (κ1) is 19.9. The third-order valence-corrected chi connectivity index (χ3v) is 9.59. The van der Waals surface area contributed by atoms with Gasteiger partial charge in [0.25, 0.3) is 0 Å². The molecule has 0 spiro atoms. The summed E-state index contributed by atoms with van der Waals surface area (Å²) >= 11 is 0. The molecule has 0 bridgehead atoms. The first-order valence-electron chi connectivity index (χ1n) is 12.0. The van der Waals surface area contributed by atoms with Crippen molar-refractivity contribution >= 4 is 11.6 Å². The smallest absolute Gasteiger partial charge is 0.149 e. The highest BCUT2D eigenvalue weighted by atomic mass is 16.3. The van der Waals surface area contributed by atoms with Gasteiger partial charge >= 0.3 is 0 Å². The second-order valence-corrected chi connectivity index (χ2v) is 11.3. The van der Waals surface area contributed by atoms with Gasteiger partial charge in [-0.2, -0.15) is 0 Å². The number of β-amino-alcohol motifs (C(OH)–C–C–N with tert-alkyl or cyclic N) is 1. The highest BCUT2D eigenvalue weighted by molar-refractivity contribution is 5.88. The fourth-order valence-electron chi connectivity index (χ4n) is 8.01. The molecule has 5 aliphatic rings. The van der Waals surface area contributed by atoms with E-state index in [0.717, 1.165) is 32.2 Å². The molecule has 6 unspecified atom stereocenters. The van der Waals surface area contributed by atoms with Crippen LogP contribution in [-0.2, 0) is 9.59 Å². The van der Waals surface area contributed by atoms with Gasteiger partial charge in [-0.1, -0.05) is 25.0 Å². The number of Topliss-reactive ketones (excluding diaryl/α,β-unsaturated/α-hetero) is 2. The normalized spacial score (nSPS) is 45.1. The Labute approximate surface area is 175 Å². The number of allylic oxidation sites excluding steroid dienone is 2. The van der Waals surface area contributed by atoms with Crippen LogP contribution in [0, 0.1) is 28.6 Å². The zero-order valence-corrected chi connectivity index (χ0v) is 18.2. The zero-order chi connectivity index (χ0) is 20.4. The van der Waals surface area contributed by atoms with Crippen molar-refractivity contribution in [2.24, 2.45) is 28.6 Å². The molecule has 1 aliphatic heterocycles. The van der Waals surface area contributed by atoms with Crippen molar-refractivity contribution in [3.63, 3.8) is 0 Å². The molecular formula is C25H37NO3. The molecule has 4 aliphatic carbocycles. The molecule has 4 nitrogen and oxygen atoms in total. The van der Waals surface area contributed by atoms with E-state index in [1.807, 2.05) is 0 Å². The predicted octanol–water partition coefficient (Wildman–Crippen LogP) is 3.91. The van der Waals surface area contributed by atoms with Gasteiger partial charge in [-0.05, 0) is 74.5 Å². The van der Waals surface area contributed by atoms with Gasteiger partial charge in [0.15, 0.2) is 0 Å². The molecule has 0 aromatic heterocycles. The number of likely N-dealkylation sites (tertiary alicyclic amines) is 1. The number of aliphatic hydroxyl groups excluding tert-OH is 1. The summed E-state index contributed by atoms with van der Waals surface area (Å²) in [4.78, 5) is 28.5. The minimum absolute atomic E-state index is 0.0370. The maximum atomic E-state index is 13.2. The van der Waals surface area contributed by atoms with Crippen LogP contribution < -0.4 is 0 Å². The Kier molecular flexibility index (Phi) is 4.82. The van der Waals surface area contributed by atoms with E-state index in [0.29, 0.717) is 42.4 Å². The zero-order valence-electron chi connectivity index (χ0n) is 18.2. The third kappa shape index (κ3) is 3.17. The van der Waals surface area contributed by atoms with E-state index in [4.69, 9.17) is 0 Å². The lowest BCUT2D eigenvalue weighted by atomic mass is 9.48. The molecule has 1 heterocycles. The number of aliphatic hydroxyl groups is 1. The monoisotopic (exact) mass is 399 g/mol. The number of fused-ring (bicyclic) bond motifs is 4. The molecule has 4 fully saturated rings. The third-order valence-electron chi connectivity index (χ3n) is 9.59. The largest absolute Gasteiger partial charge is 0.392 e. The highest BCUT2D eigenvalue weighted by Crippen LogP contribution is 2.63. The molecule has 5 rings (SSSR count). The van der Waals surface area contributed by atoms with Crippen molar-refractivity contribution in [2.45, 2.75) is 84.2 Å². The predicted molar refractivity (Wildman–Crippen MR) is 112 cm³/mol. The topological polar surface area (TPSA) is 57.6 Å². The number of carbonyl (C=O) groups excluding carboxylic acids is 2. The van der Waals surface area contributed by atoms with Gasteiger partial charge in [0, 0.05) is 31.3 Å². The van der Waals surface area contributed by atoms with Crippen LogP contribution in [0.15, 0.2) is 11.1 Å². The van der Waals surface area contributed by atoms with Crippen molar-refractivity contribution in [1.82, 2.24) is 4.90 Å². The van der Waals surface area contributed by atoms with E-state index in [-0.39, 0.29) is 23.4 Å². The van der Waals surface area contributed by atoms with Gasteiger partial charge in [0.05, 0.1) is 12.6 Å². The molecule has 1 N–H and O–H groups in total. The van der Waals surface area contributed by atoms with Crippen molar-refractivity contribution < 1.29 is 14.7 Å². The fraction of sp³-hybridized carbons (Fsp3) is 0.840. The van der Waals surface area contributed by atoms with E-state index < -0.39 is 0 Å². The van der Waals surface area contributed by atoms with Crippen LogP contribution >= 0.6 is 0 Å². The lowest BCUT2D eigenvalue weighted by Crippen LogP contribution is -2.52. The first-order chi connectivity index (χ1) is 13.8. The molecule has 1 saturated heterocycles. The second-order valence-electron chi connectivity index (χ2n) is 11.3. The number of hydrogen-bond donors (Lipinski definition) is 1. The van der Waals surface area contributed by atoms with Crippen LogP contribution in [-0.4, -0.2) is 47.3 Å². The summed E-state index contributed by atoms with van der Waals surface area (Å²) in [7, 11) is 0. The van der Waals surface area contributed by atoms with Crippen LogP contribution in [0.3, 0.4) is 0 Å². The second kappa shape index (κ2) is 7.02. The molecule has 29 heavy (non-hydrogen) atoms.